The second-order valence-electron chi connectivity index (χ2n) is 9.57. The average Bonchev–Trinajstić information content (AvgIpc) is 2.71. The standard InChI is InChI=1S/C28H58/c1-4-7-9-10-11-12-13-14-15-16-17-18-19-20-21-22-23-25-27-28(6-3)26-24-8-5-2/h28H,4-27H2,1-3H3. The third kappa shape index (κ3) is 22.3. The SMILES string of the molecule is CCCCCCCCCCCCCCCCCCCCC(CC)CCCCC. The predicted octanol–water partition coefficient (Wildman–Crippen LogP) is 11.0. The third-order valence-corrected chi connectivity index (χ3v) is 6.76. The van der Waals surface area contributed by atoms with Gasteiger partial charge in [0.15, 0.2) is 0 Å². The summed E-state index contributed by atoms with van der Waals surface area (Å²) in [6.07, 6.45) is 35.3. The summed E-state index contributed by atoms with van der Waals surface area (Å²) in [6, 6.07) is 0. The van der Waals surface area contributed by atoms with E-state index in [-0.39, 0.29) is 0 Å². The zero-order valence-corrected chi connectivity index (χ0v) is 20.5. The molecule has 0 nitrogen and oxygen atoms in total. The molecule has 1 unspecified atom stereocenters. The van der Waals surface area contributed by atoms with Gasteiger partial charge in [-0.1, -0.05) is 175 Å². The molecule has 0 saturated carbocycles. The van der Waals surface area contributed by atoms with Gasteiger partial charge in [-0.15, -0.1) is 0 Å². The number of hydrogen-bond donors (Lipinski definition) is 0. The van der Waals surface area contributed by atoms with Crippen molar-refractivity contribution in [3.63, 3.8) is 0 Å². The fourth-order valence-corrected chi connectivity index (χ4v) is 4.57. The lowest BCUT2D eigenvalue weighted by atomic mass is 9.92. The highest BCUT2D eigenvalue weighted by atomic mass is 14.1. The minimum atomic E-state index is 1.02. The molecule has 0 aromatic carbocycles. The van der Waals surface area contributed by atoms with Crippen molar-refractivity contribution in [3.8, 4) is 0 Å². The van der Waals surface area contributed by atoms with Crippen molar-refractivity contribution in [1.29, 1.82) is 0 Å². The molecule has 0 N–H and O–H groups in total. The minimum Gasteiger partial charge on any atom is -0.0654 e. The first-order valence-electron chi connectivity index (χ1n) is 13.8. The van der Waals surface area contributed by atoms with Crippen LogP contribution in [0.25, 0.3) is 0 Å². The van der Waals surface area contributed by atoms with Crippen LogP contribution < -0.4 is 0 Å². The van der Waals surface area contributed by atoms with Crippen LogP contribution in [-0.2, 0) is 0 Å². The van der Waals surface area contributed by atoms with Crippen LogP contribution >= 0.6 is 0 Å². The van der Waals surface area contributed by atoms with Crippen molar-refractivity contribution in [1.82, 2.24) is 0 Å². The highest BCUT2D eigenvalue weighted by molar-refractivity contribution is 4.59. The molecule has 0 aliphatic carbocycles. The summed E-state index contributed by atoms with van der Waals surface area (Å²) < 4.78 is 0. The Morgan fingerprint density at radius 3 is 0.893 bits per heavy atom. The molecule has 0 aliphatic rings. The Morgan fingerprint density at radius 1 is 0.321 bits per heavy atom. The van der Waals surface area contributed by atoms with Gasteiger partial charge in [-0.3, -0.25) is 0 Å². The van der Waals surface area contributed by atoms with Gasteiger partial charge in [0.2, 0.25) is 0 Å². The van der Waals surface area contributed by atoms with Gasteiger partial charge in [-0.05, 0) is 5.92 Å². The molecule has 0 rings (SSSR count). The van der Waals surface area contributed by atoms with Crippen molar-refractivity contribution in [2.24, 2.45) is 5.92 Å². The quantitative estimate of drug-likeness (QED) is 0.143. The molecule has 1 atom stereocenters. The Balaban J connectivity index is 3.13. The molecule has 0 aliphatic heterocycles. The molecule has 0 bridgehead atoms. The second kappa shape index (κ2) is 25.0. The monoisotopic (exact) mass is 394 g/mol. The summed E-state index contributed by atoms with van der Waals surface area (Å²) in [5.41, 5.74) is 0. The molecule has 0 aromatic heterocycles. The normalized spacial score (nSPS) is 12.5. The lowest BCUT2D eigenvalue weighted by Crippen LogP contribution is -1.99. The molecule has 0 fully saturated rings. The van der Waals surface area contributed by atoms with Crippen LogP contribution in [0.4, 0.5) is 0 Å². The first-order chi connectivity index (χ1) is 13.8. The average molecular weight is 395 g/mol. The van der Waals surface area contributed by atoms with E-state index >= 15 is 0 Å². The highest BCUT2D eigenvalue weighted by Gasteiger charge is 2.05. The summed E-state index contributed by atoms with van der Waals surface area (Å²) >= 11 is 0. The second-order valence-corrected chi connectivity index (χ2v) is 9.57. The molecule has 0 radical (unpaired) electrons. The Labute approximate surface area is 181 Å². The van der Waals surface area contributed by atoms with E-state index in [0.717, 1.165) is 5.92 Å². The van der Waals surface area contributed by atoms with Crippen LogP contribution in [0.5, 0.6) is 0 Å². The van der Waals surface area contributed by atoms with Crippen molar-refractivity contribution in [2.45, 2.75) is 175 Å². The smallest absolute Gasteiger partial charge is 0.0417 e. The van der Waals surface area contributed by atoms with E-state index < -0.39 is 0 Å². The van der Waals surface area contributed by atoms with Crippen LogP contribution in [-0.4, -0.2) is 0 Å². The topological polar surface area (TPSA) is 0 Å². The summed E-state index contributed by atoms with van der Waals surface area (Å²) in [5, 5.41) is 0. The summed E-state index contributed by atoms with van der Waals surface area (Å²) in [6.45, 7) is 7.02. The van der Waals surface area contributed by atoms with E-state index in [2.05, 4.69) is 20.8 Å². The van der Waals surface area contributed by atoms with Gasteiger partial charge in [-0.2, -0.15) is 0 Å². The van der Waals surface area contributed by atoms with Gasteiger partial charge in [-0.25, -0.2) is 0 Å². The van der Waals surface area contributed by atoms with Gasteiger partial charge < -0.3 is 0 Å². The van der Waals surface area contributed by atoms with Crippen LogP contribution in [0.15, 0.2) is 0 Å². The molecule has 0 heterocycles. The molecule has 28 heavy (non-hydrogen) atoms. The van der Waals surface area contributed by atoms with Crippen LogP contribution in [0.3, 0.4) is 0 Å². The first-order valence-corrected chi connectivity index (χ1v) is 13.8. The van der Waals surface area contributed by atoms with Crippen LogP contribution in [0, 0.1) is 5.92 Å². The number of unbranched alkanes of at least 4 members (excludes halogenated alkanes) is 19. The van der Waals surface area contributed by atoms with Gasteiger partial charge in [0.25, 0.3) is 0 Å². The largest absolute Gasteiger partial charge is 0.0654 e. The fourth-order valence-electron chi connectivity index (χ4n) is 4.57. The Bertz CT molecular complexity index is 257. The van der Waals surface area contributed by atoms with Gasteiger partial charge in [0.05, 0.1) is 0 Å². The maximum atomic E-state index is 2.39. The van der Waals surface area contributed by atoms with E-state index in [9.17, 15) is 0 Å². The van der Waals surface area contributed by atoms with Crippen molar-refractivity contribution >= 4 is 0 Å². The van der Waals surface area contributed by atoms with E-state index in [1.165, 1.54) is 154 Å². The maximum absolute atomic E-state index is 2.39. The Morgan fingerprint density at radius 2 is 0.571 bits per heavy atom. The minimum absolute atomic E-state index is 1.02. The third-order valence-electron chi connectivity index (χ3n) is 6.76. The Kier molecular flexibility index (Phi) is 25.0. The van der Waals surface area contributed by atoms with Gasteiger partial charge in [0.1, 0.15) is 0 Å². The lowest BCUT2D eigenvalue weighted by molar-refractivity contribution is 0.395. The van der Waals surface area contributed by atoms with Crippen molar-refractivity contribution in [2.75, 3.05) is 0 Å². The molecule has 0 amide bonds. The predicted molar refractivity (Wildman–Crippen MR) is 131 cm³/mol. The number of rotatable bonds is 24. The highest BCUT2D eigenvalue weighted by Crippen LogP contribution is 2.21. The Hall–Kier alpha value is 0. The van der Waals surface area contributed by atoms with Crippen molar-refractivity contribution < 1.29 is 0 Å². The molecular formula is C28H58. The summed E-state index contributed by atoms with van der Waals surface area (Å²) in [7, 11) is 0. The van der Waals surface area contributed by atoms with E-state index in [1.54, 1.807) is 0 Å². The molecule has 0 spiro atoms. The summed E-state index contributed by atoms with van der Waals surface area (Å²) in [5.74, 6) is 1.02. The molecule has 170 valence electrons. The zero-order valence-electron chi connectivity index (χ0n) is 20.5. The van der Waals surface area contributed by atoms with Gasteiger partial charge in [0, 0.05) is 0 Å². The lowest BCUT2D eigenvalue weighted by Gasteiger charge is -2.14. The molecule has 0 saturated heterocycles. The molecule has 0 aromatic rings. The fraction of sp³-hybridized carbons (Fsp3) is 1.00. The van der Waals surface area contributed by atoms with E-state index in [0.29, 0.717) is 0 Å². The van der Waals surface area contributed by atoms with E-state index in [1.807, 2.05) is 0 Å². The number of hydrogen-bond acceptors (Lipinski definition) is 0. The van der Waals surface area contributed by atoms with Crippen LogP contribution in [0.2, 0.25) is 0 Å². The van der Waals surface area contributed by atoms with Crippen molar-refractivity contribution in [3.05, 3.63) is 0 Å². The zero-order chi connectivity index (χ0) is 20.5. The first kappa shape index (κ1) is 28.0. The van der Waals surface area contributed by atoms with E-state index in [4.69, 9.17) is 0 Å². The molecule has 0 heteroatoms. The molecular weight excluding hydrogens is 336 g/mol. The van der Waals surface area contributed by atoms with Crippen LogP contribution in [0.1, 0.15) is 175 Å². The summed E-state index contributed by atoms with van der Waals surface area (Å²) in [4.78, 5) is 0. The maximum Gasteiger partial charge on any atom is -0.0417 e. The van der Waals surface area contributed by atoms with Gasteiger partial charge >= 0.3 is 0 Å².